The minimum absolute atomic E-state index is 0.123. The lowest BCUT2D eigenvalue weighted by molar-refractivity contribution is 0.437. The Kier molecular flexibility index (Phi) is 3.81. The SMILES string of the molecule is CCCC(CC)c1ccc(O)cc1O. The van der Waals surface area contributed by atoms with Crippen LogP contribution in [0.5, 0.6) is 11.5 Å². The van der Waals surface area contributed by atoms with E-state index in [1.165, 1.54) is 6.07 Å². The molecule has 0 aliphatic rings. The van der Waals surface area contributed by atoms with Crippen molar-refractivity contribution in [3.63, 3.8) is 0 Å². The van der Waals surface area contributed by atoms with Gasteiger partial charge >= 0.3 is 0 Å². The second-order valence-corrected chi connectivity index (χ2v) is 3.64. The van der Waals surface area contributed by atoms with Crippen LogP contribution in [-0.4, -0.2) is 10.2 Å². The summed E-state index contributed by atoms with van der Waals surface area (Å²) < 4.78 is 0. The summed E-state index contributed by atoms with van der Waals surface area (Å²) in [6.45, 7) is 4.26. The lowest BCUT2D eigenvalue weighted by Gasteiger charge is -2.15. The molecule has 1 unspecified atom stereocenters. The van der Waals surface area contributed by atoms with E-state index in [1.807, 2.05) is 6.07 Å². The molecule has 0 saturated heterocycles. The first-order valence-corrected chi connectivity index (χ1v) is 5.20. The molecule has 0 amide bonds. The molecule has 0 aliphatic carbocycles. The van der Waals surface area contributed by atoms with E-state index in [-0.39, 0.29) is 11.5 Å². The van der Waals surface area contributed by atoms with Crippen LogP contribution in [0.4, 0.5) is 0 Å². The quantitative estimate of drug-likeness (QED) is 0.771. The molecule has 78 valence electrons. The van der Waals surface area contributed by atoms with Crippen LogP contribution in [0.3, 0.4) is 0 Å². The van der Waals surface area contributed by atoms with Crippen molar-refractivity contribution in [1.29, 1.82) is 0 Å². The number of rotatable bonds is 4. The number of hydrogen-bond acceptors (Lipinski definition) is 2. The highest BCUT2D eigenvalue weighted by atomic mass is 16.3. The predicted octanol–water partition coefficient (Wildman–Crippen LogP) is 3.39. The van der Waals surface area contributed by atoms with Gasteiger partial charge in [-0.15, -0.1) is 0 Å². The summed E-state index contributed by atoms with van der Waals surface area (Å²) in [5, 5.41) is 18.8. The zero-order chi connectivity index (χ0) is 10.6. The molecule has 0 bridgehead atoms. The molecule has 0 radical (unpaired) electrons. The number of aromatic hydroxyl groups is 2. The van der Waals surface area contributed by atoms with E-state index in [0.29, 0.717) is 5.92 Å². The Morgan fingerprint density at radius 1 is 1.21 bits per heavy atom. The van der Waals surface area contributed by atoms with Gasteiger partial charge in [-0.3, -0.25) is 0 Å². The molecule has 2 heteroatoms. The maximum Gasteiger partial charge on any atom is 0.122 e. The molecular formula is C12H18O2. The van der Waals surface area contributed by atoms with Crippen molar-refractivity contribution in [3.05, 3.63) is 23.8 Å². The molecule has 0 aliphatic heterocycles. The Hall–Kier alpha value is -1.18. The van der Waals surface area contributed by atoms with Crippen molar-refractivity contribution < 1.29 is 10.2 Å². The Bertz CT molecular complexity index is 294. The zero-order valence-electron chi connectivity index (χ0n) is 8.83. The normalized spacial score (nSPS) is 12.7. The minimum atomic E-state index is 0.123. The van der Waals surface area contributed by atoms with E-state index in [4.69, 9.17) is 5.11 Å². The molecule has 1 aromatic carbocycles. The highest BCUT2D eigenvalue weighted by molar-refractivity contribution is 5.40. The third-order valence-electron chi connectivity index (χ3n) is 2.58. The number of benzene rings is 1. The van der Waals surface area contributed by atoms with Gasteiger partial charge < -0.3 is 10.2 Å². The van der Waals surface area contributed by atoms with Gasteiger partial charge in [0.2, 0.25) is 0 Å². The van der Waals surface area contributed by atoms with Gasteiger partial charge in [0.05, 0.1) is 0 Å². The van der Waals surface area contributed by atoms with Crippen LogP contribution in [0.2, 0.25) is 0 Å². The smallest absolute Gasteiger partial charge is 0.122 e. The van der Waals surface area contributed by atoms with Crippen LogP contribution < -0.4 is 0 Å². The fourth-order valence-corrected chi connectivity index (χ4v) is 1.81. The molecule has 0 spiro atoms. The predicted molar refractivity (Wildman–Crippen MR) is 57.7 cm³/mol. The summed E-state index contributed by atoms with van der Waals surface area (Å²) in [5.41, 5.74) is 0.951. The largest absolute Gasteiger partial charge is 0.508 e. The van der Waals surface area contributed by atoms with Gasteiger partial charge in [0.25, 0.3) is 0 Å². The summed E-state index contributed by atoms with van der Waals surface area (Å²) in [6, 6.07) is 4.86. The second kappa shape index (κ2) is 4.89. The van der Waals surface area contributed by atoms with Gasteiger partial charge in [-0.2, -0.15) is 0 Å². The molecule has 14 heavy (non-hydrogen) atoms. The third-order valence-corrected chi connectivity index (χ3v) is 2.58. The van der Waals surface area contributed by atoms with E-state index in [9.17, 15) is 5.11 Å². The van der Waals surface area contributed by atoms with Crippen molar-refractivity contribution in [1.82, 2.24) is 0 Å². The van der Waals surface area contributed by atoms with Gasteiger partial charge in [0.15, 0.2) is 0 Å². The fourth-order valence-electron chi connectivity index (χ4n) is 1.81. The van der Waals surface area contributed by atoms with Crippen molar-refractivity contribution in [2.75, 3.05) is 0 Å². The van der Waals surface area contributed by atoms with E-state index in [2.05, 4.69) is 13.8 Å². The molecule has 1 atom stereocenters. The molecule has 0 saturated carbocycles. The minimum Gasteiger partial charge on any atom is -0.508 e. The first kappa shape index (κ1) is 10.9. The molecule has 1 rings (SSSR count). The Morgan fingerprint density at radius 2 is 1.93 bits per heavy atom. The van der Waals surface area contributed by atoms with Crippen molar-refractivity contribution >= 4 is 0 Å². The average Bonchev–Trinajstić information content (AvgIpc) is 2.15. The molecule has 2 N–H and O–H groups in total. The number of phenols is 2. The average molecular weight is 194 g/mol. The Morgan fingerprint density at radius 3 is 2.43 bits per heavy atom. The summed E-state index contributed by atoms with van der Waals surface area (Å²) >= 11 is 0. The maximum absolute atomic E-state index is 9.66. The molecule has 0 aromatic heterocycles. The highest BCUT2D eigenvalue weighted by Gasteiger charge is 2.12. The van der Waals surface area contributed by atoms with Gasteiger partial charge in [0, 0.05) is 6.07 Å². The van der Waals surface area contributed by atoms with E-state index >= 15 is 0 Å². The first-order valence-electron chi connectivity index (χ1n) is 5.20. The van der Waals surface area contributed by atoms with E-state index in [1.54, 1.807) is 6.07 Å². The standard InChI is InChI=1S/C12H18O2/c1-3-5-9(4-2)11-7-6-10(13)8-12(11)14/h6-9,13-14H,3-5H2,1-2H3. The van der Waals surface area contributed by atoms with Crippen LogP contribution in [0.25, 0.3) is 0 Å². The topological polar surface area (TPSA) is 40.5 Å². The second-order valence-electron chi connectivity index (χ2n) is 3.64. The van der Waals surface area contributed by atoms with Crippen LogP contribution >= 0.6 is 0 Å². The third kappa shape index (κ3) is 2.41. The number of hydrogen-bond donors (Lipinski definition) is 2. The van der Waals surface area contributed by atoms with Crippen LogP contribution in [-0.2, 0) is 0 Å². The van der Waals surface area contributed by atoms with Crippen molar-refractivity contribution in [2.45, 2.75) is 39.0 Å². The highest BCUT2D eigenvalue weighted by Crippen LogP contribution is 2.33. The Labute approximate surface area is 85.2 Å². The Balaban J connectivity index is 2.92. The molecular weight excluding hydrogens is 176 g/mol. The summed E-state index contributed by atoms with van der Waals surface area (Å²) in [6.07, 6.45) is 3.21. The maximum atomic E-state index is 9.66. The molecule has 0 fully saturated rings. The lowest BCUT2D eigenvalue weighted by atomic mass is 9.91. The molecule has 0 heterocycles. The molecule has 2 nitrogen and oxygen atoms in total. The summed E-state index contributed by atoms with van der Waals surface area (Å²) in [4.78, 5) is 0. The lowest BCUT2D eigenvalue weighted by Crippen LogP contribution is -1.96. The van der Waals surface area contributed by atoms with Crippen LogP contribution in [0.1, 0.15) is 44.6 Å². The van der Waals surface area contributed by atoms with Gasteiger partial charge in [-0.25, -0.2) is 0 Å². The monoisotopic (exact) mass is 194 g/mol. The fraction of sp³-hybridized carbons (Fsp3) is 0.500. The van der Waals surface area contributed by atoms with Crippen LogP contribution in [0.15, 0.2) is 18.2 Å². The first-order chi connectivity index (χ1) is 6.69. The zero-order valence-corrected chi connectivity index (χ0v) is 8.83. The van der Waals surface area contributed by atoms with E-state index in [0.717, 1.165) is 24.8 Å². The van der Waals surface area contributed by atoms with E-state index < -0.39 is 0 Å². The number of phenolic OH excluding ortho intramolecular Hbond substituents is 2. The summed E-state index contributed by atoms with van der Waals surface area (Å²) in [7, 11) is 0. The van der Waals surface area contributed by atoms with Gasteiger partial charge in [0.1, 0.15) is 11.5 Å². The van der Waals surface area contributed by atoms with Crippen molar-refractivity contribution in [3.8, 4) is 11.5 Å². The molecule has 1 aromatic rings. The van der Waals surface area contributed by atoms with Gasteiger partial charge in [-0.1, -0.05) is 26.3 Å². The summed E-state index contributed by atoms with van der Waals surface area (Å²) in [5.74, 6) is 0.739. The van der Waals surface area contributed by atoms with Crippen molar-refractivity contribution in [2.24, 2.45) is 0 Å². The van der Waals surface area contributed by atoms with Crippen LogP contribution in [0, 0.1) is 0 Å². The van der Waals surface area contributed by atoms with Gasteiger partial charge in [-0.05, 0) is 30.4 Å².